The fourth-order valence-electron chi connectivity index (χ4n) is 4.66. The van der Waals surface area contributed by atoms with E-state index in [2.05, 4.69) is 34.3 Å². The summed E-state index contributed by atoms with van der Waals surface area (Å²) in [6.45, 7) is 4.64. The second-order valence-electron chi connectivity index (χ2n) is 7.72. The van der Waals surface area contributed by atoms with E-state index in [1.807, 2.05) is 18.3 Å². The van der Waals surface area contributed by atoms with E-state index in [9.17, 15) is 5.21 Å². The van der Waals surface area contributed by atoms with E-state index in [0.29, 0.717) is 25.0 Å². The summed E-state index contributed by atoms with van der Waals surface area (Å²) in [6, 6.07) is 8.72. The Balaban J connectivity index is 1.36. The summed E-state index contributed by atoms with van der Waals surface area (Å²) >= 11 is 0. The monoisotopic (exact) mass is 338 g/mol. The average Bonchev–Trinajstić information content (AvgIpc) is 2.97. The third kappa shape index (κ3) is 2.40. The molecule has 0 amide bonds. The molecule has 0 radical (unpaired) electrons. The first-order valence-corrected chi connectivity index (χ1v) is 8.98. The minimum Gasteiger partial charge on any atom is -0.633 e. The topological polar surface area (TPSA) is 69.6 Å². The van der Waals surface area contributed by atoms with Crippen LogP contribution in [0, 0.1) is 18.0 Å². The number of nitrogens with zero attached hydrogens (tertiary/aromatic N) is 3. The molecule has 6 nitrogen and oxygen atoms in total. The first kappa shape index (κ1) is 15.1. The highest BCUT2D eigenvalue weighted by atomic mass is 16.6. The van der Waals surface area contributed by atoms with E-state index in [0.717, 1.165) is 42.5 Å². The number of rotatable bonds is 1. The van der Waals surface area contributed by atoms with Gasteiger partial charge < -0.3 is 14.6 Å². The smallest absolute Gasteiger partial charge is 0.291 e. The SMILES string of the molecule is Cc1cccc2cc(NC3=NC[C@@]4(C[N+]5([O-])CCC4CC5)O3)ncc12. The van der Waals surface area contributed by atoms with Gasteiger partial charge in [0, 0.05) is 30.3 Å². The van der Waals surface area contributed by atoms with Crippen LogP contribution in [0.4, 0.5) is 5.82 Å². The van der Waals surface area contributed by atoms with Crippen molar-refractivity contribution in [3.63, 3.8) is 0 Å². The van der Waals surface area contributed by atoms with Crippen molar-refractivity contribution in [1.82, 2.24) is 4.98 Å². The highest BCUT2D eigenvalue weighted by molar-refractivity contribution is 5.93. The van der Waals surface area contributed by atoms with Crippen LogP contribution in [-0.2, 0) is 4.74 Å². The Labute approximate surface area is 146 Å². The number of piperidine rings is 3. The summed E-state index contributed by atoms with van der Waals surface area (Å²) in [6.07, 6.45) is 3.77. The quantitative estimate of drug-likeness (QED) is 0.641. The van der Waals surface area contributed by atoms with Gasteiger partial charge in [-0.3, -0.25) is 5.32 Å². The molecule has 1 spiro atoms. The minimum absolute atomic E-state index is 0.118. The zero-order chi connectivity index (χ0) is 17.1. The molecule has 25 heavy (non-hydrogen) atoms. The molecular weight excluding hydrogens is 316 g/mol. The Kier molecular flexibility index (Phi) is 3.12. The third-order valence-electron chi connectivity index (χ3n) is 6.08. The average molecular weight is 338 g/mol. The van der Waals surface area contributed by atoms with Gasteiger partial charge in [-0.2, -0.15) is 0 Å². The molecule has 1 aromatic heterocycles. The fraction of sp³-hybridized carbons (Fsp3) is 0.474. The lowest BCUT2D eigenvalue weighted by Crippen LogP contribution is -2.67. The van der Waals surface area contributed by atoms with E-state index in [1.165, 1.54) is 5.56 Å². The van der Waals surface area contributed by atoms with Gasteiger partial charge >= 0.3 is 0 Å². The van der Waals surface area contributed by atoms with E-state index < -0.39 is 5.60 Å². The number of hydrogen-bond acceptors (Lipinski definition) is 5. The van der Waals surface area contributed by atoms with Crippen molar-refractivity contribution in [1.29, 1.82) is 0 Å². The van der Waals surface area contributed by atoms with Gasteiger partial charge in [-0.1, -0.05) is 18.2 Å². The summed E-state index contributed by atoms with van der Waals surface area (Å²) in [5.41, 5.74) is 0.801. The lowest BCUT2D eigenvalue weighted by molar-refractivity contribution is -0.905. The van der Waals surface area contributed by atoms with Gasteiger partial charge in [-0.05, 0) is 23.9 Å². The number of aliphatic imine (C=N–C) groups is 1. The lowest BCUT2D eigenvalue weighted by Gasteiger charge is -2.58. The van der Waals surface area contributed by atoms with Gasteiger partial charge in [0.15, 0.2) is 5.60 Å². The number of benzene rings is 1. The highest BCUT2D eigenvalue weighted by Gasteiger charge is 2.56. The highest BCUT2D eigenvalue weighted by Crippen LogP contribution is 2.44. The van der Waals surface area contributed by atoms with Crippen LogP contribution < -0.4 is 5.32 Å². The first-order valence-electron chi connectivity index (χ1n) is 8.98. The van der Waals surface area contributed by atoms with Crippen molar-refractivity contribution >= 4 is 22.6 Å². The molecule has 2 aromatic rings. The zero-order valence-electron chi connectivity index (χ0n) is 14.4. The Morgan fingerprint density at radius 1 is 1.32 bits per heavy atom. The van der Waals surface area contributed by atoms with Crippen LogP contribution >= 0.6 is 0 Å². The van der Waals surface area contributed by atoms with Crippen molar-refractivity contribution in [3.05, 3.63) is 41.2 Å². The molecule has 1 atom stereocenters. The zero-order valence-corrected chi connectivity index (χ0v) is 14.4. The predicted octanol–water partition coefficient (Wildman–Crippen LogP) is 2.82. The summed E-state index contributed by atoms with van der Waals surface area (Å²) in [5.74, 6) is 1.16. The molecule has 5 heterocycles. The van der Waals surface area contributed by atoms with Gasteiger partial charge in [0.05, 0.1) is 19.6 Å². The van der Waals surface area contributed by atoms with Gasteiger partial charge in [-0.25, -0.2) is 9.98 Å². The van der Waals surface area contributed by atoms with Crippen molar-refractivity contribution in [2.45, 2.75) is 25.4 Å². The molecular formula is C19H22N4O2. The lowest BCUT2D eigenvalue weighted by atomic mass is 9.75. The number of ether oxygens (including phenoxy) is 1. The predicted molar refractivity (Wildman–Crippen MR) is 97.2 cm³/mol. The molecule has 1 aromatic carbocycles. The number of anilines is 1. The molecule has 130 valence electrons. The molecule has 4 aliphatic rings. The van der Waals surface area contributed by atoms with E-state index >= 15 is 0 Å². The largest absolute Gasteiger partial charge is 0.633 e. The molecule has 3 fully saturated rings. The van der Waals surface area contributed by atoms with E-state index in [1.54, 1.807) is 0 Å². The maximum atomic E-state index is 12.7. The van der Waals surface area contributed by atoms with Gasteiger partial charge in [0.2, 0.25) is 0 Å². The van der Waals surface area contributed by atoms with Gasteiger partial charge in [0.1, 0.15) is 12.4 Å². The van der Waals surface area contributed by atoms with Crippen LogP contribution in [0.1, 0.15) is 18.4 Å². The van der Waals surface area contributed by atoms with Crippen LogP contribution in [0.25, 0.3) is 10.8 Å². The standard InChI is InChI=1S/C19H22N4O2/c1-13-3-2-4-14-9-17(20-10-16(13)14)22-18-21-11-19(25-18)12-23(24)7-5-15(19)6-8-23/h2-4,9-10,15H,5-8,11-12H2,1H3,(H,20,21,22)/t15?,19-,23?/m0/s1. The summed E-state index contributed by atoms with van der Waals surface area (Å²) in [7, 11) is 0. The Hall–Kier alpha value is -2.18. The molecule has 0 saturated carbocycles. The summed E-state index contributed by atoms with van der Waals surface area (Å²) in [4.78, 5) is 9.04. The number of quaternary nitrogens is 1. The summed E-state index contributed by atoms with van der Waals surface area (Å²) in [5, 5.41) is 18.2. The Morgan fingerprint density at radius 2 is 2.16 bits per heavy atom. The van der Waals surface area contributed by atoms with E-state index in [4.69, 9.17) is 4.74 Å². The van der Waals surface area contributed by atoms with Gasteiger partial charge in [0.25, 0.3) is 6.02 Å². The second kappa shape index (κ2) is 5.16. The number of hydroxylamine groups is 3. The number of fused-ring (bicyclic) bond motifs is 3. The number of hydrogen-bond donors (Lipinski definition) is 1. The molecule has 6 heteroatoms. The van der Waals surface area contributed by atoms with Crippen LogP contribution in [0.2, 0.25) is 0 Å². The maximum absolute atomic E-state index is 12.7. The van der Waals surface area contributed by atoms with Crippen molar-refractivity contribution in [3.8, 4) is 0 Å². The van der Waals surface area contributed by atoms with Crippen LogP contribution in [0.3, 0.4) is 0 Å². The molecule has 0 aliphatic carbocycles. The van der Waals surface area contributed by atoms with Crippen LogP contribution in [-0.4, -0.2) is 47.4 Å². The van der Waals surface area contributed by atoms with Gasteiger partial charge in [-0.15, -0.1) is 0 Å². The Morgan fingerprint density at radius 3 is 2.96 bits per heavy atom. The number of amidine groups is 1. The maximum Gasteiger partial charge on any atom is 0.291 e. The molecule has 6 rings (SSSR count). The fourth-order valence-corrected chi connectivity index (χ4v) is 4.66. The van der Waals surface area contributed by atoms with Crippen LogP contribution in [0.5, 0.6) is 0 Å². The molecule has 0 unspecified atom stereocenters. The van der Waals surface area contributed by atoms with E-state index in [-0.39, 0.29) is 4.65 Å². The van der Waals surface area contributed by atoms with Crippen molar-refractivity contribution in [2.24, 2.45) is 10.9 Å². The van der Waals surface area contributed by atoms with Crippen molar-refractivity contribution in [2.75, 3.05) is 31.5 Å². The number of aromatic nitrogens is 1. The van der Waals surface area contributed by atoms with Crippen LogP contribution in [0.15, 0.2) is 35.5 Å². The number of pyridine rings is 1. The summed E-state index contributed by atoms with van der Waals surface area (Å²) < 4.78 is 6.09. The molecule has 2 bridgehead atoms. The Bertz CT molecular complexity index is 873. The molecule has 4 aliphatic heterocycles. The normalized spacial score (nSPS) is 33.5. The third-order valence-corrected chi connectivity index (χ3v) is 6.08. The molecule has 3 saturated heterocycles. The van der Waals surface area contributed by atoms with Crippen molar-refractivity contribution < 1.29 is 9.38 Å². The second-order valence-corrected chi connectivity index (χ2v) is 7.72. The molecule has 1 N–H and O–H groups in total. The first-order chi connectivity index (χ1) is 12.1. The number of nitrogens with one attached hydrogen (secondary N) is 1. The number of aryl methyl sites for hydroxylation is 1. The minimum atomic E-state index is -0.409.